The predicted octanol–water partition coefficient (Wildman–Crippen LogP) is 1.34. The number of nitrogens with one attached hydrogen (secondary N) is 1. The number of rotatable bonds is 6. The summed E-state index contributed by atoms with van der Waals surface area (Å²) < 4.78 is 10.3. The van der Waals surface area contributed by atoms with E-state index in [1.54, 1.807) is 0 Å². The Morgan fingerprint density at radius 1 is 1.56 bits per heavy atom. The van der Waals surface area contributed by atoms with E-state index in [1.165, 1.54) is 7.11 Å². The lowest BCUT2D eigenvalue weighted by Gasteiger charge is -2.20. The van der Waals surface area contributed by atoms with Crippen LogP contribution in [0, 0.1) is 5.92 Å². The number of esters is 1. The van der Waals surface area contributed by atoms with Gasteiger partial charge < -0.3 is 14.8 Å². The highest BCUT2D eigenvalue weighted by atomic mass is 16.5. The van der Waals surface area contributed by atoms with E-state index in [9.17, 15) is 4.79 Å². The van der Waals surface area contributed by atoms with Gasteiger partial charge in [0.1, 0.15) is 6.04 Å². The number of carbonyl (C=O) groups is 1. The highest BCUT2D eigenvalue weighted by Crippen LogP contribution is 2.14. The molecular weight excluding hydrogens is 206 g/mol. The van der Waals surface area contributed by atoms with Crippen molar-refractivity contribution >= 4 is 5.97 Å². The molecule has 0 aromatic rings. The third kappa shape index (κ3) is 4.10. The Hall–Kier alpha value is -0.610. The first-order valence-electron chi connectivity index (χ1n) is 6.08. The lowest BCUT2D eigenvalue weighted by molar-refractivity contribution is -0.144. The molecule has 2 unspecified atom stereocenters. The molecule has 1 aliphatic heterocycles. The van der Waals surface area contributed by atoms with Gasteiger partial charge in [0.25, 0.3) is 0 Å². The van der Waals surface area contributed by atoms with Crippen molar-refractivity contribution in [1.29, 1.82) is 0 Å². The summed E-state index contributed by atoms with van der Waals surface area (Å²) in [6.07, 6.45) is 3.65. The van der Waals surface area contributed by atoms with Crippen LogP contribution in [-0.2, 0) is 14.3 Å². The number of hydrogen-bond donors (Lipinski definition) is 1. The van der Waals surface area contributed by atoms with Crippen LogP contribution in [0.3, 0.4) is 0 Å². The molecule has 0 radical (unpaired) electrons. The lowest BCUT2D eigenvalue weighted by atomic mass is 10.0. The molecule has 1 aliphatic rings. The molecule has 16 heavy (non-hydrogen) atoms. The van der Waals surface area contributed by atoms with Gasteiger partial charge in [-0.05, 0) is 31.7 Å². The van der Waals surface area contributed by atoms with Crippen LogP contribution < -0.4 is 5.32 Å². The van der Waals surface area contributed by atoms with E-state index < -0.39 is 0 Å². The van der Waals surface area contributed by atoms with Crippen molar-refractivity contribution in [1.82, 2.24) is 5.32 Å². The Labute approximate surface area is 97.7 Å². The number of methoxy groups -OCH3 is 1. The van der Waals surface area contributed by atoms with Crippen molar-refractivity contribution in [3.8, 4) is 0 Å². The van der Waals surface area contributed by atoms with Crippen LogP contribution in [0.4, 0.5) is 0 Å². The molecule has 0 saturated carbocycles. The fourth-order valence-electron chi connectivity index (χ4n) is 1.99. The van der Waals surface area contributed by atoms with Gasteiger partial charge in [0.05, 0.1) is 13.2 Å². The van der Waals surface area contributed by atoms with Gasteiger partial charge in [-0.1, -0.05) is 13.8 Å². The standard InChI is InChI=1S/C12H23NO3/c1-9(2)11(12(14)15-3)13-7-6-10-5-4-8-16-10/h9-11,13H,4-8H2,1-3H3. The fraction of sp³-hybridized carbons (Fsp3) is 0.917. The summed E-state index contributed by atoms with van der Waals surface area (Å²) in [6, 6.07) is -0.202. The summed E-state index contributed by atoms with van der Waals surface area (Å²) in [5.41, 5.74) is 0. The average Bonchev–Trinajstić information content (AvgIpc) is 2.75. The molecule has 4 nitrogen and oxygen atoms in total. The Kier molecular flexibility index (Phi) is 5.77. The van der Waals surface area contributed by atoms with Crippen LogP contribution in [-0.4, -0.2) is 38.4 Å². The summed E-state index contributed by atoms with van der Waals surface area (Å²) in [4.78, 5) is 11.5. The van der Waals surface area contributed by atoms with E-state index >= 15 is 0 Å². The molecule has 0 amide bonds. The van der Waals surface area contributed by atoms with E-state index in [2.05, 4.69) is 5.32 Å². The van der Waals surface area contributed by atoms with E-state index in [-0.39, 0.29) is 17.9 Å². The average molecular weight is 229 g/mol. The smallest absolute Gasteiger partial charge is 0.323 e. The van der Waals surface area contributed by atoms with Crippen molar-refractivity contribution in [3.63, 3.8) is 0 Å². The highest BCUT2D eigenvalue weighted by molar-refractivity contribution is 5.75. The monoisotopic (exact) mass is 229 g/mol. The zero-order valence-electron chi connectivity index (χ0n) is 10.5. The quantitative estimate of drug-likeness (QED) is 0.698. The van der Waals surface area contributed by atoms with Crippen LogP contribution >= 0.6 is 0 Å². The summed E-state index contributed by atoms with van der Waals surface area (Å²) in [7, 11) is 1.43. The zero-order valence-corrected chi connectivity index (χ0v) is 10.5. The van der Waals surface area contributed by atoms with Crippen LogP contribution in [0.1, 0.15) is 33.1 Å². The molecule has 1 heterocycles. The van der Waals surface area contributed by atoms with Gasteiger partial charge in [0.15, 0.2) is 0 Å². The first-order chi connectivity index (χ1) is 7.65. The molecule has 0 aromatic heterocycles. The maximum absolute atomic E-state index is 11.5. The van der Waals surface area contributed by atoms with Crippen molar-refractivity contribution < 1.29 is 14.3 Å². The third-order valence-electron chi connectivity index (χ3n) is 2.98. The maximum atomic E-state index is 11.5. The van der Waals surface area contributed by atoms with Gasteiger partial charge in [-0.15, -0.1) is 0 Å². The second-order valence-corrected chi connectivity index (χ2v) is 4.62. The Balaban J connectivity index is 2.23. The number of hydrogen-bond acceptors (Lipinski definition) is 4. The minimum absolute atomic E-state index is 0.178. The van der Waals surface area contributed by atoms with Crippen molar-refractivity contribution in [3.05, 3.63) is 0 Å². The molecule has 0 aliphatic carbocycles. The molecular formula is C12H23NO3. The molecule has 0 bridgehead atoms. The fourth-order valence-corrected chi connectivity index (χ4v) is 1.99. The van der Waals surface area contributed by atoms with E-state index in [0.717, 1.165) is 32.4 Å². The second kappa shape index (κ2) is 6.86. The summed E-state index contributed by atoms with van der Waals surface area (Å²) in [5.74, 6) is 0.0688. The molecule has 4 heteroatoms. The van der Waals surface area contributed by atoms with Gasteiger partial charge in [0, 0.05) is 6.61 Å². The Morgan fingerprint density at radius 3 is 2.81 bits per heavy atom. The Morgan fingerprint density at radius 2 is 2.31 bits per heavy atom. The normalized spacial score (nSPS) is 22.4. The van der Waals surface area contributed by atoms with Gasteiger partial charge in [0.2, 0.25) is 0 Å². The van der Waals surface area contributed by atoms with Crippen molar-refractivity contribution in [2.24, 2.45) is 5.92 Å². The molecule has 0 aromatic carbocycles. The summed E-state index contributed by atoms with van der Waals surface area (Å²) >= 11 is 0. The molecule has 1 fully saturated rings. The van der Waals surface area contributed by atoms with Crippen LogP contribution in [0.15, 0.2) is 0 Å². The Bertz CT molecular complexity index is 212. The van der Waals surface area contributed by atoms with Crippen LogP contribution in [0.5, 0.6) is 0 Å². The van der Waals surface area contributed by atoms with Crippen molar-refractivity contribution in [2.75, 3.05) is 20.3 Å². The zero-order chi connectivity index (χ0) is 12.0. The third-order valence-corrected chi connectivity index (χ3v) is 2.98. The number of ether oxygens (including phenoxy) is 2. The molecule has 1 N–H and O–H groups in total. The largest absolute Gasteiger partial charge is 0.468 e. The lowest BCUT2D eigenvalue weighted by Crippen LogP contribution is -2.42. The first kappa shape index (κ1) is 13.5. The summed E-state index contributed by atoms with van der Waals surface area (Å²) in [6.45, 7) is 5.72. The van der Waals surface area contributed by atoms with E-state index in [0.29, 0.717) is 6.10 Å². The maximum Gasteiger partial charge on any atom is 0.323 e. The first-order valence-corrected chi connectivity index (χ1v) is 6.08. The molecule has 1 rings (SSSR count). The van der Waals surface area contributed by atoms with Crippen LogP contribution in [0.25, 0.3) is 0 Å². The predicted molar refractivity (Wildman–Crippen MR) is 62.2 cm³/mol. The SMILES string of the molecule is COC(=O)C(NCCC1CCCO1)C(C)C. The highest BCUT2D eigenvalue weighted by Gasteiger charge is 2.23. The van der Waals surface area contributed by atoms with Gasteiger partial charge >= 0.3 is 5.97 Å². The van der Waals surface area contributed by atoms with Gasteiger partial charge in [-0.3, -0.25) is 4.79 Å². The van der Waals surface area contributed by atoms with Gasteiger partial charge in [-0.25, -0.2) is 0 Å². The van der Waals surface area contributed by atoms with E-state index in [1.807, 2.05) is 13.8 Å². The molecule has 2 atom stereocenters. The van der Waals surface area contributed by atoms with E-state index in [4.69, 9.17) is 9.47 Å². The van der Waals surface area contributed by atoms with Gasteiger partial charge in [-0.2, -0.15) is 0 Å². The minimum atomic E-state index is -0.202. The number of carbonyl (C=O) groups excluding carboxylic acids is 1. The summed E-state index contributed by atoms with van der Waals surface area (Å²) in [5, 5.41) is 3.24. The minimum Gasteiger partial charge on any atom is -0.468 e. The molecule has 0 spiro atoms. The molecule has 94 valence electrons. The molecule has 1 saturated heterocycles. The topological polar surface area (TPSA) is 47.6 Å². The van der Waals surface area contributed by atoms with Crippen molar-refractivity contribution in [2.45, 2.75) is 45.3 Å². The van der Waals surface area contributed by atoms with Crippen LogP contribution in [0.2, 0.25) is 0 Å². The second-order valence-electron chi connectivity index (χ2n) is 4.62.